The Hall–Kier alpha value is -1.34. The Labute approximate surface area is 153 Å². The van der Waals surface area contributed by atoms with Gasteiger partial charge < -0.3 is 19.4 Å². The van der Waals surface area contributed by atoms with E-state index in [1.807, 2.05) is 0 Å². The van der Waals surface area contributed by atoms with Crippen LogP contribution in [-0.4, -0.2) is 17.1 Å². The number of hydrogen-bond donors (Lipinski definition) is 0. The molecule has 0 radical (unpaired) electrons. The molecule has 110 valence electrons. The molecule has 2 rings (SSSR count). The molecule has 8 heteroatoms. The number of halogens is 2. The zero-order valence-corrected chi connectivity index (χ0v) is 14.6. The van der Waals surface area contributed by atoms with Gasteiger partial charge in [0.1, 0.15) is 17.6 Å². The van der Waals surface area contributed by atoms with Crippen molar-refractivity contribution in [2.45, 2.75) is 13.0 Å². The summed E-state index contributed by atoms with van der Waals surface area (Å²) in [4.78, 5) is 14.3. The molecule has 0 fully saturated rings. The van der Waals surface area contributed by atoms with Crippen molar-refractivity contribution in [3.05, 3.63) is 47.4 Å². The molecule has 0 bridgehead atoms. The third-order valence-electron chi connectivity index (χ3n) is 2.46. The number of benzene rings is 1. The van der Waals surface area contributed by atoms with Crippen molar-refractivity contribution in [2.24, 2.45) is 0 Å². The zero-order chi connectivity index (χ0) is 15.4. The number of pyridine rings is 1. The quantitative estimate of drug-likeness (QED) is 0.669. The number of nitrogens with zero attached hydrogens (tertiary/aromatic N) is 1. The van der Waals surface area contributed by atoms with Gasteiger partial charge >= 0.3 is 29.6 Å². The van der Waals surface area contributed by atoms with Crippen molar-refractivity contribution >= 4 is 17.6 Å². The van der Waals surface area contributed by atoms with Gasteiger partial charge in [0.2, 0.25) is 0 Å². The number of aliphatic carboxylic acids is 1. The van der Waals surface area contributed by atoms with Gasteiger partial charge in [0.05, 0.1) is 11.0 Å². The molecule has 0 spiro atoms. The Kier molecular flexibility index (Phi) is 7.09. The standard InChI is InChI=1S/C14H11ClFNO4.Na/c1-8(14(18)19)20-10-2-4-11(5-3-10)21-13-12(16)6-9(15)7-17-13;/h2-8H,1H3,(H,18,19);/q;+1/p-1. The molecule has 1 heterocycles. The van der Waals surface area contributed by atoms with Crippen LogP contribution in [0.3, 0.4) is 0 Å². The summed E-state index contributed by atoms with van der Waals surface area (Å²) in [6, 6.07) is 7.05. The molecule has 1 aromatic heterocycles. The molecule has 2 aromatic rings. The molecule has 1 unspecified atom stereocenters. The summed E-state index contributed by atoms with van der Waals surface area (Å²) in [7, 11) is 0. The second kappa shape index (κ2) is 8.33. The molecule has 1 aromatic carbocycles. The second-order valence-electron chi connectivity index (χ2n) is 4.09. The molecule has 22 heavy (non-hydrogen) atoms. The second-order valence-corrected chi connectivity index (χ2v) is 4.53. The van der Waals surface area contributed by atoms with Gasteiger partial charge in [-0.15, -0.1) is 0 Å². The summed E-state index contributed by atoms with van der Waals surface area (Å²) in [5.41, 5.74) is 0. The van der Waals surface area contributed by atoms with Crippen molar-refractivity contribution in [3.8, 4) is 17.4 Å². The van der Waals surface area contributed by atoms with Gasteiger partial charge in [-0.05, 0) is 37.3 Å². The van der Waals surface area contributed by atoms with Gasteiger partial charge in [-0.3, -0.25) is 0 Å². The van der Waals surface area contributed by atoms with E-state index in [0.29, 0.717) is 11.5 Å². The van der Waals surface area contributed by atoms with Crippen LogP contribution in [0.5, 0.6) is 17.4 Å². The molecule has 5 nitrogen and oxygen atoms in total. The summed E-state index contributed by atoms with van der Waals surface area (Å²) < 4.78 is 23.8. The maximum atomic E-state index is 13.5. The number of carboxylic acids is 1. The SMILES string of the molecule is CC(Oc1ccc(Oc2ncc(Cl)cc2F)cc1)C(=O)[O-].[Na+]. The Morgan fingerprint density at radius 3 is 2.45 bits per heavy atom. The third kappa shape index (κ3) is 5.14. The fourth-order valence-corrected chi connectivity index (χ4v) is 1.57. The molecule has 0 aliphatic heterocycles. The first kappa shape index (κ1) is 18.7. The number of rotatable bonds is 5. The Morgan fingerprint density at radius 2 is 1.91 bits per heavy atom. The fourth-order valence-electron chi connectivity index (χ4n) is 1.43. The molecule has 0 amide bonds. The molecule has 0 aliphatic rings. The maximum absolute atomic E-state index is 13.5. The number of carbonyl (C=O) groups excluding carboxylic acids is 1. The molecule has 0 aliphatic carbocycles. The third-order valence-corrected chi connectivity index (χ3v) is 2.66. The minimum atomic E-state index is -1.32. The Balaban J connectivity index is 0.00000242. The van der Waals surface area contributed by atoms with E-state index < -0.39 is 17.9 Å². The van der Waals surface area contributed by atoms with E-state index in [1.54, 1.807) is 0 Å². The fraction of sp³-hybridized carbons (Fsp3) is 0.143. The number of carboxylic acid groups (broad SMARTS) is 1. The van der Waals surface area contributed by atoms with Gasteiger partial charge in [0.15, 0.2) is 5.82 Å². The van der Waals surface area contributed by atoms with Crippen molar-refractivity contribution < 1.29 is 53.3 Å². The summed E-state index contributed by atoms with van der Waals surface area (Å²) in [5, 5.41) is 10.7. The molecule has 0 saturated heterocycles. The van der Waals surface area contributed by atoms with E-state index in [-0.39, 0.29) is 40.5 Å². The largest absolute Gasteiger partial charge is 1.00 e. The molecular formula is C14H10ClFNNaO4. The predicted molar refractivity (Wildman–Crippen MR) is 70.8 cm³/mol. The van der Waals surface area contributed by atoms with Crippen molar-refractivity contribution in [1.82, 2.24) is 4.98 Å². The Morgan fingerprint density at radius 1 is 1.32 bits per heavy atom. The smallest absolute Gasteiger partial charge is 0.546 e. The van der Waals surface area contributed by atoms with Crippen molar-refractivity contribution in [2.75, 3.05) is 0 Å². The number of aromatic nitrogens is 1. The van der Waals surface area contributed by atoms with Crippen molar-refractivity contribution in [1.29, 1.82) is 0 Å². The maximum Gasteiger partial charge on any atom is 1.00 e. The van der Waals surface area contributed by atoms with Crippen LogP contribution in [0.4, 0.5) is 4.39 Å². The predicted octanol–water partition coefficient (Wildman–Crippen LogP) is -0.812. The van der Waals surface area contributed by atoms with E-state index >= 15 is 0 Å². The van der Waals surface area contributed by atoms with Gasteiger partial charge in [-0.2, -0.15) is 0 Å². The van der Waals surface area contributed by atoms with E-state index in [9.17, 15) is 14.3 Å². The van der Waals surface area contributed by atoms with Crippen LogP contribution in [0.15, 0.2) is 36.5 Å². The van der Waals surface area contributed by atoms with Crippen LogP contribution in [0, 0.1) is 5.82 Å². The minimum Gasteiger partial charge on any atom is -0.546 e. The topological polar surface area (TPSA) is 71.5 Å². The average Bonchev–Trinajstić information content (AvgIpc) is 2.43. The summed E-state index contributed by atoms with van der Waals surface area (Å²) in [5.74, 6) is -1.58. The molecule has 1 atom stereocenters. The van der Waals surface area contributed by atoms with Gasteiger partial charge in [-0.25, -0.2) is 9.37 Å². The van der Waals surface area contributed by atoms with Gasteiger partial charge in [0, 0.05) is 6.20 Å². The molecule has 0 N–H and O–H groups in total. The summed E-state index contributed by atoms with van der Waals surface area (Å²) in [6.45, 7) is 1.35. The first-order valence-corrected chi connectivity index (χ1v) is 6.30. The van der Waals surface area contributed by atoms with Crippen LogP contribution >= 0.6 is 11.6 Å². The van der Waals surface area contributed by atoms with E-state index in [1.165, 1.54) is 37.4 Å². The Bertz CT molecular complexity index is 654. The molecular weight excluding hydrogens is 324 g/mol. The van der Waals surface area contributed by atoms with Crippen LogP contribution in [0.25, 0.3) is 0 Å². The monoisotopic (exact) mass is 333 g/mol. The first-order chi connectivity index (χ1) is 9.95. The van der Waals surface area contributed by atoms with Gasteiger partial charge in [0.25, 0.3) is 5.88 Å². The van der Waals surface area contributed by atoms with Crippen LogP contribution in [0.2, 0.25) is 5.02 Å². The average molecular weight is 334 g/mol. The molecule has 0 saturated carbocycles. The number of ether oxygens (including phenoxy) is 2. The summed E-state index contributed by atoms with van der Waals surface area (Å²) in [6.07, 6.45) is 0.186. The van der Waals surface area contributed by atoms with Crippen molar-refractivity contribution in [3.63, 3.8) is 0 Å². The number of hydrogen-bond acceptors (Lipinski definition) is 5. The minimum absolute atomic E-state index is 0. The zero-order valence-electron chi connectivity index (χ0n) is 11.9. The number of carbonyl (C=O) groups is 1. The van der Waals surface area contributed by atoms with E-state index in [2.05, 4.69) is 4.98 Å². The normalized spacial score (nSPS) is 11.2. The van der Waals surface area contributed by atoms with Crippen LogP contribution in [0.1, 0.15) is 6.92 Å². The van der Waals surface area contributed by atoms with Gasteiger partial charge in [-0.1, -0.05) is 11.6 Å². The van der Waals surface area contributed by atoms with Crippen LogP contribution < -0.4 is 44.1 Å². The van der Waals surface area contributed by atoms with E-state index in [4.69, 9.17) is 21.1 Å². The summed E-state index contributed by atoms with van der Waals surface area (Å²) >= 11 is 5.59. The van der Waals surface area contributed by atoms with E-state index in [0.717, 1.165) is 6.07 Å². The van der Waals surface area contributed by atoms with Crippen LogP contribution in [-0.2, 0) is 4.79 Å². The first-order valence-electron chi connectivity index (χ1n) is 5.92.